The van der Waals surface area contributed by atoms with Gasteiger partial charge in [0.25, 0.3) is 5.91 Å². The van der Waals surface area contributed by atoms with E-state index in [1.807, 2.05) is 19.1 Å². The Hall–Kier alpha value is -3.28. The van der Waals surface area contributed by atoms with Gasteiger partial charge >= 0.3 is 0 Å². The van der Waals surface area contributed by atoms with E-state index in [9.17, 15) is 9.18 Å². The SMILES string of the molecule is Cc1cc(Nc2cccc(NC(=O)c3ccccc3F)c2)ncn1. The first kappa shape index (κ1) is 15.6. The molecule has 0 fully saturated rings. The number of rotatable bonds is 4. The van der Waals surface area contributed by atoms with Crippen molar-refractivity contribution in [1.29, 1.82) is 0 Å². The molecule has 1 aromatic heterocycles. The second kappa shape index (κ2) is 6.87. The number of nitrogens with one attached hydrogen (secondary N) is 2. The van der Waals surface area contributed by atoms with E-state index < -0.39 is 11.7 Å². The van der Waals surface area contributed by atoms with Crippen molar-refractivity contribution in [3.63, 3.8) is 0 Å². The van der Waals surface area contributed by atoms with Crippen LogP contribution in [0.2, 0.25) is 0 Å². The minimum atomic E-state index is -0.555. The molecule has 0 saturated heterocycles. The van der Waals surface area contributed by atoms with Crippen LogP contribution in [0, 0.1) is 12.7 Å². The molecule has 0 atom stereocenters. The molecule has 1 amide bonds. The lowest BCUT2D eigenvalue weighted by atomic mass is 10.2. The third kappa shape index (κ3) is 3.73. The predicted octanol–water partition coefficient (Wildman–Crippen LogP) is 3.92. The summed E-state index contributed by atoms with van der Waals surface area (Å²) in [5, 5.41) is 5.82. The minimum absolute atomic E-state index is 0.00212. The number of anilines is 3. The zero-order valence-corrected chi connectivity index (χ0v) is 13.0. The Morgan fingerprint density at radius 1 is 1.00 bits per heavy atom. The second-order valence-electron chi connectivity index (χ2n) is 5.18. The molecule has 6 heteroatoms. The van der Waals surface area contributed by atoms with E-state index in [4.69, 9.17) is 0 Å². The van der Waals surface area contributed by atoms with E-state index in [-0.39, 0.29) is 5.56 Å². The third-order valence-corrected chi connectivity index (χ3v) is 3.32. The molecule has 0 aliphatic carbocycles. The first-order chi connectivity index (χ1) is 11.6. The molecule has 0 radical (unpaired) electrons. The van der Waals surface area contributed by atoms with Crippen molar-refractivity contribution in [3.05, 3.63) is 78.0 Å². The summed E-state index contributed by atoms with van der Waals surface area (Å²) < 4.78 is 13.7. The monoisotopic (exact) mass is 322 g/mol. The van der Waals surface area contributed by atoms with Gasteiger partial charge in [-0.25, -0.2) is 14.4 Å². The molecule has 3 rings (SSSR count). The fourth-order valence-corrected chi connectivity index (χ4v) is 2.19. The largest absolute Gasteiger partial charge is 0.340 e. The standard InChI is InChI=1S/C18H15FN4O/c1-12-9-17(21-11-20-12)22-13-5-4-6-14(10-13)23-18(24)15-7-2-3-8-16(15)19/h2-11H,1H3,(H,23,24)(H,20,21,22). The molecular formula is C18H15FN4O. The highest BCUT2D eigenvalue weighted by molar-refractivity contribution is 6.04. The van der Waals surface area contributed by atoms with Gasteiger partial charge in [-0.1, -0.05) is 18.2 Å². The maximum Gasteiger partial charge on any atom is 0.258 e. The lowest BCUT2D eigenvalue weighted by molar-refractivity contribution is 0.102. The van der Waals surface area contributed by atoms with Gasteiger partial charge in [-0.3, -0.25) is 4.79 Å². The molecule has 2 N–H and O–H groups in total. The van der Waals surface area contributed by atoms with Gasteiger partial charge in [-0.15, -0.1) is 0 Å². The van der Waals surface area contributed by atoms with E-state index in [1.165, 1.54) is 18.5 Å². The molecule has 5 nitrogen and oxygen atoms in total. The number of hydrogen-bond donors (Lipinski definition) is 2. The molecule has 0 saturated carbocycles. The van der Waals surface area contributed by atoms with Crippen LogP contribution in [0.25, 0.3) is 0 Å². The summed E-state index contributed by atoms with van der Waals surface area (Å²) >= 11 is 0. The van der Waals surface area contributed by atoms with Crippen LogP contribution in [0.3, 0.4) is 0 Å². The molecule has 2 aromatic carbocycles. The van der Waals surface area contributed by atoms with Crippen molar-refractivity contribution in [2.45, 2.75) is 6.92 Å². The number of benzene rings is 2. The molecule has 120 valence electrons. The highest BCUT2D eigenvalue weighted by Crippen LogP contribution is 2.20. The Kier molecular flexibility index (Phi) is 4.47. The quantitative estimate of drug-likeness (QED) is 0.764. The summed E-state index contributed by atoms with van der Waals surface area (Å²) in [5.41, 5.74) is 2.15. The average molecular weight is 322 g/mol. The Labute approximate surface area is 138 Å². The van der Waals surface area contributed by atoms with E-state index in [2.05, 4.69) is 20.6 Å². The maximum absolute atomic E-state index is 13.7. The van der Waals surface area contributed by atoms with E-state index in [1.54, 1.807) is 30.3 Å². The van der Waals surface area contributed by atoms with Crippen molar-refractivity contribution in [2.24, 2.45) is 0 Å². The van der Waals surface area contributed by atoms with Crippen molar-refractivity contribution in [3.8, 4) is 0 Å². The highest BCUT2D eigenvalue weighted by atomic mass is 19.1. The van der Waals surface area contributed by atoms with Crippen LogP contribution in [-0.2, 0) is 0 Å². The summed E-state index contributed by atoms with van der Waals surface area (Å²) in [6, 6.07) is 14.8. The van der Waals surface area contributed by atoms with Gasteiger partial charge in [-0.2, -0.15) is 0 Å². The van der Waals surface area contributed by atoms with Crippen LogP contribution < -0.4 is 10.6 Å². The van der Waals surface area contributed by atoms with Crippen molar-refractivity contribution in [1.82, 2.24) is 9.97 Å². The number of aryl methyl sites for hydroxylation is 1. The summed E-state index contributed by atoms with van der Waals surface area (Å²) in [7, 11) is 0. The Morgan fingerprint density at radius 3 is 2.58 bits per heavy atom. The van der Waals surface area contributed by atoms with Gasteiger partial charge in [0, 0.05) is 23.1 Å². The summed E-state index contributed by atoms with van der Waals surface area (Å²) in [6.07, 6.45) is 1.47. The lowest BCUT2D eigenvalue weighted by Crippen LogP contribution is -2.13. The molecule has 0 aliphatic rings. The van der Waals surface area contributed by atoms with E-state index in [0.717, 1.165) is 11.4 Å². The smallest absolute Gasteiger partial charge is 0.258 e. The van der Waals surface area contributed by atoms with Crippen LogP contribution in [0.4, 0.5) is 21.6 Å². The fourth-order valence-electron chi connectivity index (χ4n) is 2.19. The Balaban J connectivity index is 1.76. The van der Waals surface area contributed by atoms with Crippen LogP contribution in [0.1, 0.15) is 16.1 Å². The van der Waals surface area contributed by atoms with Gasteiger partial charge in [-0.05, 0) is 37.3 Å². The zero-order valence-electron chi connectivity index (χ0n) is 13.0. The molecule has 24 heavy (non-hydrogen) atoms. The normalized spacial score (nSPS) is 10.2. The Morgan fingerprint density at radius 2 is 1.79 bits per heavy atom. The number of carbonyl (C=O) groups is 1. The van der Waals surface area contributed by atoms with Crippen LogP contribution in [-0.4, -0.2) is 15.9 Å². The topological polar surface area (TPSA) is 66.9 Å². The number of carbonyl (C=O) groups excluding carboxylic acids is 1. The van der Waals surface area contributed by atoms with Crippen molar-refractivity contribution >= 4 is 23.1 Å². The summed E-state index contributed by atoms with van der Waals surface area (Å²) in [4.78, 5) is 20.3. The average Bonchev–Trinajstić information content (AvgIpc) is 2.55. The van der Waals surface area contributed by atoms with Gasteiger partial charge < -0.3 is 10.6 Å². The van der Waals surface area contributed by atoms with Gasteiger partial charge in [0.1, 0.15) is 18.0 Å². The number of hydrogen-bond acceptors (Lipinski definition) is 4. The third-order valence-electron chi connectivity index (χ3n) is 3.32. The number of aromatic nitrogens is 2. The first-order valence-electron chi connectivity index (χ1n) is 7.33. The predicted molar refractivity (Wildman–Crippen MR) is 90.8 cm³/mol. The van der Waals surface area contributed by atoms with Gasteiger partial charge in [0.15, 0.2) is 0 Å². The second-order valence-corrected chi connectivity index (χ2v) is 5.18. The molecule has 0 aliphatic heterocycles. The highest BCUT2D eigenvalue weighted by Gasteiger charge is 2.11. The minimum Gasteiger partial charge on any atom is -0.340 e. The summed E-state index contributed by atoms with van der Waals surface area (Å²) in [6.45, 7) is 1.87. The fraction of sp³-hybridized carbons (Fsp3) is 0.0556. The number of nitrogens with zero attached hydrogens (tertiary/aromatic N) is 2. The van der Waals surface area contributed by atoms with Crippen molar-refractivity contribution < 1.29 is 9.18 Å². The van der Waals surface area contributed by atoms with Gasteiger partial charge in [0.05, 0.1) is 5.56 Å². The molecule has 0 spiro atoms. The zero-order chi connectivity index (χ0) is 16.9. The maximum atomic E-state index is 13.7. The van der Waals surface area contributed by atoms with Crippen LogP contribution >= 0.6 is 0 Å². The van der Waals surface area contributed by atoms with Crippen molar-refractivity contribution in [2.75, 3.05) is 10.6 Å². The first-order valence-corrected chi connectivity index (χ1v) is 7.33. The van der Waals surface area contributed by atoms with Crippen LogP contribution in [0.15, 0.2) is 60.9 Å². The molecule has 0 bridgehead atoms. The van der Waals surface area contributed by atoms with Crippen LogP contribution in [0.5, 0.6) is 0 Å². The molecule has 0 unspecified atom stereocenters. The van der Waals surface area contributed by atoms with E-state index >= 15 is 0 Å². The lowest BCUT2D eigenvalue weighted by Gasteiger charge is -2.09. The van der Waals surface area contributed by atoms with Gasteiger partial charge in [0.2, 0.25) is 0 Å². The molecule has 3 aromatic rings. The number of amides is 1. The van der Waals surface area contributed by atoms with E-state index in [0.29, 0.717) is 11.5 Å². The molecular weight excluding hydrogens is 307 g/mol. The summed E-state index contributed by atoms with van der Waals surface area (Å²) in [5.74, 6) is -0.399. The Bertz CT molecular complexity index is 882. The number of halogens is 1. The molecule has 1 heterocycles.